The third kappa shape index (κ3) is 3.14. The minimum Gasteiger partial charge on any atom is -0.338 e. The molecule has 1 aromatic carbocycles. The van der Waals surface area contributed by atoms with Crippen LogP contribution in [-0.2, 0) is 14.1 Å². The predicted molar refractivity (Wildman–Crippen MR) is 120 cm³/mol. The number of aromatic amines is 1. The smallest absolute Gasteiger partial charge is 0.288 e. The van der Waals surface area contributed by atoms with Crippen molar-refractivity contribution in [2.75, 3.05) is 0 Å². The van der Waals surface area contributed by atoms with Gasteiger partial charge in [0, 0.05) is 17.7 Å². The van der Waals surface area contributed by atoms with Crippen molar-refractivity contribution < 1.29 is 9.13 Å². The average molecular weight is 395 g/mol. The summed E-state index contributed by atoms with van der Waals surface area (Å²) in [6.45, 7) is 2.16. The van der Waals surface area contributed by atoms with Crippen molar-refractivity contribution in [1.82, 2.24) is 9.97 Å². The van der Waals surface area contributed by atoms with Crippen LogP contribution in [0.25, 0.3) is 39.4 Å². The Labute approximate surface area is 176 Å². The minimum atomic E-state index is 0.893. The predicted octanol–water partition coefficient (Wildman–Crippen LogP) is 4.59. The maximum atomic E-state index is 4.94. The number of nitrogens with zero attached hydrogens (tertiary/aromatic N) is 3. The second kappa shape index (κ2) is 7.38. The Morgan fingerprint density at radius 2 is 1.73 bits per heavy atom. The maximum Gasteiger partial charge on any atom is 0.288 e. The fourth-order valence-corrected chi connectivity index (χ4v) is 4.34. The van der Waals surface area contributed by atoms with E-state index in [1.807, 2.05) is 0 Å². The number of pyridine rings is 2. The summed E-state index contributed by atoms with van der Waals surface area (Å²) in [5.41, 5.74) is 9.24. The molecule has 0 amide bonds. The van der Waals surface area contributed by atoms with Gasteiger partial charge < -0.3 is 4.98 Å². The fraction of sp³-hybridized carbons (Fsp3) is 0.192. The highest BCUT2D eigenvalue weighted by atomic mass is 15.0. The molecule has 3 heterocycles. The number of rotatable bonds is 3. The van der Waals surface area contributed by atoms with Gasteiger partial charge in [-0.05, 0) is 55.2 Å². The summed E-state index contributed by atoms with van der Waals surface area (Å²) in [7, 11) is 4.18. The summed E-state index contributed by atoms with van der Waals surface area (Å²) < 4.78 is 4.35. The molecule has 0 aliphatic heterocycles. The number of hydrogen-bond acceptors (Lipinski definition) is 1. The highest BCUT2D eigenvalue weighted by molar-refractivity contribution is 5.87. The lowest BCUT2D eigenvalue weighted by molar-refractivity contribution is -0.690. The van der Waals surface area contributed by atoms with Gasteiger partial charge in [0.2, 0.25) is 0 Å². The molecule has 148 valence electrons. The highest BCUT2D eigenvalue weighted by Crippen LogP contribution is 2.30. The Bertz CT molecular complexity index is 1300. The van der Waals surface area contributed by atoms with Gasteiger partial charge in [0.15, 0.2) is 12.4 Å². The summed E-state index contributed by atoms with van der Waals surface area (Å²) in [5, 5.41) is 0. The van der Waals surface area contributed by atoms with E-state index in [2.05, 4.69) is 108 Å². The molecule has 1 aliphatic carbocycles. The van der Waals surface area contributed by atoms with Crippen LogP contribution in [-0.4, -0.2) is 9.97 Å². The number of fused-ring (bicyclic) bond motifs is 1. The van der Waals surface area contributed by atoms with Gasteiger partial charge in [0.25, 0.3) is 11.4 Å². The Kier molecular flexibility index (Phi) is 4.55. The monoisotopic (exact) mass is 394 g/mol. The SMILES string of the molecule is Cc1ccc[n+](C)c1-c1c(-c2nc3ccc(C4=CCCC=C4)cc3[nH]2)ccc[n+]1C. The van der Waals surface area contributed by atoms with Crippen molar-refractivity contribution in [2.45, 2.75) is 19.8 Å². The Balaban J connectivity index is 1.67. The van der Waals surface area contributed by atoms with Gasteiger partial charge >= 0.3 is 0 Å². The molecule has 0 bridgehead atoms. The van der Waals surface area contributed by atoms with Gasteiger partial charge in [0.1, 0.15) is 19.9 Å². The van der Waals surface area contributed by atoms with Gasteiger partial charge in [-0.2, -0.15) is 9.13 Å². The normalized spacial score (nSPS) is 13.6. The molecule has 30 heavy (non-hydrogen) atoms. The van der Waals surface area contributed by atoms with Gasteiger partial charge in [-0.15, -0.1) is 0 Å². The lowest BCUT2D eigenvalue weighted by atomic mass is 9.99. The van der Waals surface area contributed by atoms with E-state index in [-0.39, 0.29) is 0 Å². The first kappa shape index (κ1) is 18.5. The van der Waals surface area contributed by atoms with E-state index in [0.717, 1.165) is 41.0 Å². The zero-order valence-corrected chi connectivity index (χ0v) is 17.7. The van der Waals surface area contributed by atoms with E-state index in [1.54, 1.807) is 0 Å². The topological polar surface area (TPSA) is 36.4 Å². The first-order valence-corrected chi connectivity index (χ1v) is 10.4. The number of allylic oxidation sites excluding steroid dienone is 4. The second-order valence-corrected chi connectivity index (χ2v) is 7.99. The molecule has 0 spiro atoms. The van der Waals surface area contributed by atoms with Gasteiger partial charge in [-0.25, -0.2) is 4.98 Å². The van der Waals surface area contributed by atoms with Gasteiger partial charge in [-0.3, -0.25) is 0 Å². The number of hydrogen-bond donors (Lipinski definition) is 1. The van der Waals surface area contributed by atoms with E-state index in [1.165, 1.54) is 22.4 Å². The van der Waals surface area contributed by atoms with Crippen LogP contribution in [0.1, 0.15) is 24.0 Å². The zero-order valence-electron chi connectivity index (χ0n) is 17.7. The van der Waals surface area contributed by atoms with Crippen LogP contribution in [0.5, 0.6) is 0 Å². The van der Waals surface area contributed by atoms with Crippen LogP contribution in [0, 0.1) is 6.92 Å². The fourth-order valence-electron chi connectivity index (χ4n) is 4.34. The summed E-state index contributed by atoms with van der Waals surface area (Å²) in [6, 6.07) is 15.0. The molecule has 0 radical (unpaired) electrons. The molecule has 0 saturated carbocycles. The molecule has 0 unspecified atom stereocenters. The van der Waals surface area contributed by atoms with Crippen molar-refractivity contribution in [2.24, 2.45) is 14.1 Å². The van der Waals surface area contributed by atoms with Crippen molar-refractivity contribution in [3.8, 4) is 22.8 Å². The van der Waals surface area contributed by atoms with Gasteiger partial charge in [-0.1, -0.05) is 24.3 Å². The van der Waals surface area contributed by atoms with Crippen molar-refractivity contribution in [3.63, 3.8) is 0 Å². The number of imidazole rings is 1. The number of nitrogens with one attached hydrogen (secondary N) is 1. The molecule has 4 nitrogen and oxygen atoms in total. The molecule has 0 atom stereocenters. The molecule has 0 fully saturated rings. The standard InChI is InChI=1S/C26H25N4/c1-18-9-7-15-29(2)24(18)25-21(12-8-16-30(25)3)26-27-22-14-13-20(17-23(22)28-26)19-10-5-4-6-11-19/h5,7-17H,4,6H2,1-3H3/q+1/p+1. The van der Waals surface area contributed by atoms with Crippen LogP contribution in [0.4, 0.5) is 0 Å². The van der Waals surface area contributed by atoms with Gasteiger partial charge in [0.05, 0.1) is 16.6 Å². The lowest BCUT2D eigenvalue weighted by Crippen LogP contribution is -2.39. The molecule has 0 saturated heterocycles. The van der Waals surface area contributed by atoms with Crippen LogP contribution in [0.2, 0.25) is 0 Å². The molecule has 1 N–H and O–H groups in total. The number of aryl methyl sites for hydroxylation is 3. The molecule has 5 rings (SSSR count). The van der Waals surface area contributed by atoms with Crippen molar-refractivity contribution >= 4 is 16.6 Å². The second-order valence-electron chi connectivity index (χ2n) is 7.99. The molecule has 4 heteroatoms. The minimum absolute atomic E-state index is 0.893. The number of benzene rings is 1. The lowest BCUT2D eigenvalue weighted by Gasteiger charge is -2.06. The van der Waals surface area contributed by atoms with E-state index in [0.29, 0.717) is 0 Å². The molecule has 3 aromatic heterocycles. The largest absolute Gasteiger partial charge is 0.338 e. The van der Waals surface area contributed by atoms with Crippen molar-refractivity contribution in [1.29, 1.82) is 0 Å². The first-order chi connectivity index (χ1) is 14.6. The molecule has 1 aliphatic rings. The van der Waals surface area contributed by atoms with E-state index < -0.39 is 0 Å². The van der Waals surface area contributed by atoms with E-state index in [9.17, 15) is 0 Å². The summed E-state index contributed by atoms with van der Waals surface area (Å²) in [6.07, 6.45) is 13.2. The third-order valence-corrected chi connectivity index (χ3v) is 5.85. The van der Waals surface area contributed by atoms with E-state index >= 15 is 0 Å². The van der Waals surface area contributed by atoms with Crippen LogP contribution >= 0.6 is 0 Å². The average Bonchev–Trinajstić information content (AvgIpc) is 3.18. The van der Waals surface area contributed by atoms with Crippen molar-refractivity contribution in [3.05, 3.63) is 84.2 Å². The van der Waals surface area contributed by atoms with Crippen LogP contribution in [0.15, 0.2) is 73.1 Å². The maximum absolute atomic E-state index is 4.94. The summed E-state index contributed by atoms with van der Waals surface area (Å²) >= 11 is 0. The first-order valence-electron chi connectivity index (χ1n) is 10.4. The summed E-state index contributed by atoms with van der Waals surface area (Å²) in [5.74, 6) is 0.893. The Morgan fingerprint density at radius 1 is 0.933 bits per heavy atom. The Morgan fingerprint density at radius 3 is 2.50 bits per heavy atom. The summed E-state index contributed by atoms with van der Waals surface area (Å²) in [4.78, 5) is 8.52. The van der Waals surface area contributed by atoms with Crippen LogP contribution < -0.4 is 9.13 Å². The Hall–Kier alpha value is -3.53. The zero-order chi connectivity index (χ0) is 20.7. The third-order valence-electron chi connectivity index (χ3n) is 5.85. The molecule has 4 aromatic rings. The number of H-pyrrole nitrogens is 1. The number of aromatic nitrogens is 4. The molecular formula is C26H26N4+2. The van der Waals surface area contributed by atoms with Crippen LogP contribution in [0.3, 0.4) is 0 Å². The molecular weight excluding hydrogens is 368 g/mol. The van der Waals surface area contributed by atoms with E-state index in [4.69, 9.17) is 4.98 Å². The quantitative estimate of drug-likeness (QED) is 0.507. The highest BCUT2D eigenvalue weighted by Gasteiger charge is 2.28.